The van der Waals surface area contributed by atoms with Crippen molar-refractivity contribution in [2.75, 3.05) is 22.9 Å². The molecule has 186 valence electrons. The minimum absolute atomic E-state index is 0.292. The first kappa shape index (κ1) is 23.9. The molecule has 1 aromatic heterocycles. The number of hydrogen-bond acceptors (Lipinski definition) is 9. The lowest BCUT2D eigenvalue weighted by atomic mass is 10.0. The van der Waals surface area contributed by atoms with Crippen LogP contribution in [0.1, 0.15) is 11.1 Å². The topological polar surface area (TPSA) is 177 Å². The Labute approximate surface area is 213 Å². The molecule has 0 saturated heterocycles. The fourth-order valence-electron chi connectivity index (χ4n) is 3.97. The lowest BCUT2D eigenvalue weighted by Crippen LogP contribution is -2.15. The van der Waals surface area contributed by atoms with Gasteiger partial charge in [-0.05, 0) is 83.9 Å². The predicted molar refractivity (Wildman–Crippen MR) is 144 cm³/mol. The van der Waals surface area contributed by atoms with E-state index in [1.54, 1.807) is 48.5 Å². The third-order valence-corrected chi connectivity index (χ3v) is 7.80. The smallest absolute Gasteiger partial charge is 0.248 e. The Morgan fingerprint density at radius 2 is 0.946 bits per heavy atom. The number of rotatable bonds is 2. The molecule has 5 aromatic rings. The maximum absolute atomic E-state index is 12.5. The maximum atomic E-state index is 12.5. The Bertz CT molecular complexity index is 1580. The molecule has 0 spiro atoms. The standard InChI is InChI=1S/C14H12N4O.C13H12N2O2S/c15-11-5-1-9(2-6-11)13-17-18-14(19-13)10-3-7-12(16)8-4-10;14-10-3-1-8-5-9-2-4-11(15)7-13(9)18(16,17)12(8)6-10/h1-8H,15-16H2;1-4,6-7H,5,14-15H2. The molecule has 8 N–H and O–H groups in total. The number of sulfone groups is 1. The molecule has 9 nitrogen and oxygen atoms in total. The lowest BCUT2D eigenvalue weighted by Gasteiger charge is -2.20. The summed E-state index contributed by atoms with van der Waals surface area (Å²) in [7, 11) is -3.51. The number of nitrogens with two attached hydrogens (primary N) is 4. The summed E-state index contributed by atoms with van der Waals surface area (Å²) in [6.45, 7) is 0. The molecule has 0 saturated carbocycles. The molecule has 1 aliphatic rings. The number of nitrogens with zero attached hydrogens (tertiary/aromatic N) is 2. The average Bonchev–Trinajstić information content (AvgIpc) is 3.37. The van der Waals surface area contributed by atoms with Gasteiger partial charge in [0.25, 0.3) is 0 Å². The van der Waals surface area contributed by atoms with Gasteiger partial charge in [-0.15, -0.1) is 10.2 Å². The number of benzene rings is 4. The lowest BCUT2D eigenvalue weighted by molar-refractivity contribution is 0.584. The minimum atomic E-state index is -3.51. The van der Waals surface area contributed by atoms with Crippen LogP contribution in [0.3, 0.4) is 0 Å². The first-order valence-electron chi connectivity index (χ1n) is 11.3. The Morgan fingerprint density at radius 1 is 0.568 bits per heavy atom. The van der Waals surface area contributed by atoms with Gasteiger partial charge in [-0.1, -0.05) is 12.1 Å². The van der Waals surface area contributed by atoms with Crippen molar-refractivity contribution >= 4 is 32.6 Å². The summed E-state index contributed by atoms with van der Waals surface area (Å²) in [6.07, 6.45) is 0.588. The zero-order valence-corrected chi connectivity index (χ0v) is 20.4. The van der Waals surface area contributed by atoms with Gasteiger partial charge in [0.05, 0.1) is 9.79 Å². The summed E-state index contributed by atoms with van der Waals surface area (Å²) in [5.74, 6) is 0.929. The van der Waals surface area contributed by atoms with Crippen molar-refractivity contribution in [3.05, 3.63) is 96.1 Å². The molecule has 10 heteroatoms. The van der Waals surface area contributed by atoms with E-state index in [4.69, 9.17) is 27.4 Å². The van der Waals surface area contributed by atoms with Crippen LogP contribution < -0.4 is 22.9 Å². The quantitative estimate of drug-likeness (QED) is 0.248. The number of aromatic nitrogens is 2. The average molecular weight is 513 g/mol. The van der Waals surface area contributed by atoms with E-state index in [9.17, 15) is 8.42 Å². The van der Waals surface area contributed by atoms with Crippen molar-refractivity contribution in [1.82, 2.24) is 10.2 Å². The second-order valence-electron chi connectivity index (χ2n) is 8.57. The van der Waals surface area contributed by atoms with Crippen LogP contribution in [-0.4, -0.2) is 18.6 Å². The second kappa shape index (κ2) is 9.32. The van der Waals surface area contributed by atoms with Gasteiger partial charge in [-0.3, -0.25) is 0 Å². The molecule has 2 heterocycles. The molecule has 0 amide bonds. The highest BCUT2D eigenvalue weighted by Gasteiger charge is 2.29. The Hall–Kier alpha value is -4.83. The predicted octanol–water partition coefficient (Wildman–Crippen LogP) is 4.16. The van der Waals surface area contributed by atoms with Crippen LogP contribution in [0.15, 0.2) is 99.1 Å². The van der Waals surface area contributed by atoms with E-state index in [0.29, 0.717) is 50.7 Å². The SMILES string of the molecule is Nc1ccc(-c2nnc(-c3ccc(N)cc3)o2)cc1.Nc1ccc2c(c1)S(=O)(=O)c1cc(N)ccc1C2. The largest absolute Gasteiger partial charge is 0.416 e. The van der Waals surface area contributed by atoms with E-state index in [0.717, 1.165) is 22.3 Å². The Kier molecular flexibility index (Phi) is 6.02. The van der Waals surface area contributed by atoms with Crippen LogP contribution in [0.4, 0.5) is 22.7 Å². The summed E-state index contributed by atoms with van der Waals surface area (Å²) in [5, 5.41) is 8.05. The molecule has 37 heavy (non-hydrogen) atoms. The fraction of sp³-hybridized carbons (Fsp3) is 0.0370. The van der Waals surface area contributed by atoms with Gasteiger partial charge >= 0.3 is 0 Å². The van der Waals surface area contributed by atoms with Crippen LogP contribution in [-0.2, 0) is 16.3 Å². The normalized spacial score (nSPS) is 13.1. The van der Waals surface area contributed by atoms with E-state index >= 15 is 0 Å². The summed E-state index contributed by atoms with van der Waals surface area (Å²) in [5.41, 5.74) is 28.1. The first-order chi connectivity index (χ1) is 17.7. The minimum Gasteiger partial charge on any atom is -0.416 e. The van der Waals surface area contributed by atoms with Gasteiger partial charge in [-0.2, -0.15) is 0 Å². The second-order valence-corrected chi connectivity index (χ2v) is 10.5. The van der Waals surface area contributed by atoms with Crippen molar-refractivity contribution in [3.8, 4) is 22.9 Å². The van der Waals surface area contributed by atoms with Crippen molar-refractivity contribution in [2.45, 2.75) is 16.2 Å². The molecule has 6 rings (SSSR count). The number of hydrogen-bond donors (Lipinski definition) is 4. The molecular weight excluding hydrogens is 488 g/mol. The molecular formula is C27H24N6O3S. The third-order valence-electron chi connectivity index (χ3n) is 5.88. The molecule has 0 unspecified atom stereocenters. The Balaban J connectivity index is 0.000000152. The number of anilines is 4. The molecule has 0 radical (unpaired) electrons. The van der Waals surface area contributed by atoms with Gasteiger partial charge in [0.1, 0.15) is 0 Å². The molecule has 0 aliphatic carbocycles. The van der Waals surface area contributed by atoms with E-state index in [-0.39, 0.29) is 0 Å². The van der Waals surface area contributed by atoms with Crippen molar-refractivity contribution < 1.29 is 12.8 Å². The van der Waals surface area contributed by atoms with Crippen LogP contribution >= 0.6 is 0 Å². The number of fused-ring (bicyclic) bond motifs is 2. The van der Waals surface area contributed by atoms with Gasteiger partial charge in [0, 0.05) is 40.3 Å². The van der Waals surface area contributed by atoms with Gasteiger partial charge in [0.2, 0.25) is 21.6 Å². The number of nitrogen functional groups attached to an aromatic ring is 4. The van der Waals surface area contributed by atoms with E-state index in [1.807, 2.05) is 24.3 Å². The fourth-order valence-corrected chi connectivity index (χ4v) is 5.76. The van der Waals surface area contributed by atoms with Crippen LogP contribution in [0.2, 0.25) is 0 Å². The van der Waals surface area contributed by atoms with Crippen LogP contribution in [0.25, 0.3) is 22.9 Å². The first-order valence-corrected chi connectivity index (χ1v) is 12.8. The van der Waals surface area contributed by atoms with Crippen LogP contribution in [0, 0.1) is 0 Å². The summed E-state index contributed by atoms with van der Waals surface area (Å²) in [6, 6.07) is 24.5. The molecule has 0 atom stereocenters. The van der Waals surface area contributed by atoms with E-state index < -0.39 is 9.84 Å². The monoisotopic (exact) mass is 512 g/mol. The van der Waals surface area contributed by atoms with Crippen molar-refractivity contribution in [2.24, 2.45) is 0 Å². The van der Waals surface area contributed by atoms with E-state index in [2.05, 4.69) is 10.2 Å². The van der Waals surface area contributed by atoms with Gasteiger partial charge in [0.15, 0.2) is 0 Å². The Morgan fingerprint density at radius 3 is 1.35 bits per heavy atom. The maximum Gasteiger partial charge on any atom is 0.248 e. The molecule has 1 aliphatic heterocycles. The zero-order valence-electron chi connectivity index (χ0n) is 19.6. The van der Waals surface area contributed by atoms with E-state index in [1.165, 1.54) is 12.1 Å². The highest BCUT2D eigenvalue weighted by molar-refractivity contribution is 7.91. The molecule has 0 fully saturated rings. The zero-order chi connectivity index (χ0) is 26.2. The van der Waals surface area contributed by atoms with Crippen LogP contribution in [0.5, 0.6) is 0 Å². The van der Waals surface area contributed by atoms with Gasteiger partial charge in [-0.25, -0.2) is 8.42 Å². The highest BCUT2D eigenvalue weighted by atomic mass is 32.2. The third kappa shape index (κ3) is 4.82. The summed E-state index contributed by atoms with van der Waals surface area (Å²) < 4.78 is 30.6. The summed E-state index contributed by atoms with van der Waals surface area (Å²) >= 11 is 0. The van der Waals surface area contributed by atoms with Crippen molar-refractivity contribution in [3.63, 3.8) is 0 Å². The molecule has 4 aromatic carbocycles. The van der Waals surface area contributed by atoms with Crippen molar-refractivity contribution in [1.29, 1.82) is 0 Å². The highest BCUT2D eigenvalue weighted by Crippen LogP contribution is 2.36. The summed E-state index contributed by atoms with van der Waals surface area (Å²) in [4.78, 5) is 0.584. The van der Waals surface area contributed by atoms with Gasteiger partial charge < -0.3 is 27.4 Å². The molecule has 0 bridgehead atoms.